The van der Waals surface area contributed by atoms with Gasteiger partial charge in [-0.3, -0.25) is 4.79 Å². The second-order valence-electron chi connectivity index (χ2n) is 4.40. The number of rotatable bonds is 11. The molecular formula is C13H27NO4. The molecule has 0 saturated carbocycles. The van der Waals surface area contributed by atoms with Crippen LogP contribution in [-0.4, -0.2) is 52.1 Å². The Morgan fingerprint density at radius 1 is 1.17 bits per heavy atom. The van der Waals surface area contributed by atoms with E-state index in [1.54, 1.807) is 7.05 Å². The molecule has 5 heteroatoms. The summed E-state index contributed by atoms with van der Waals surface area (Å²) >= 11 is 0. The van der Waals surface area contributed by atoms with Crippen LogP contribution in [0.5, 0.6) is 0 Å². The van der Waals surface area contributed by atoms with Gasteiger partial charge in [0, 0.05) is 13.2 Å². The molecule has 0 aliphatic rings. The third-order valence-electron chi connectivity index (χ3n) is 2.87. The zero-order valence-corrected chi connectivity index (χ0v) is 12.1. The fraction of sp³-hybridized carbons (Fsp3) is 0.923. The molecule has 0 aromatic heterocycles. The van der Waals surface area contributed by atoms with E-state index in [9.17, 15) is 4.79 Å². The Morgan fingerprint density at radius 3 is 2.28 bits per heavy atom. The number of carbonyl (C=O) groups excluding carboxylic acids is 1. The molecule has 0 rings (SSSR count). The Bertz CT molecular complexity index is 223. The predicted octanol–water partition coefficient (Wildman–Crippen LogP) is 1.36. The summed E-state index contributed by atoms with van der Waals surface area (Å²) in [4.78, 5) is 11.6. The Balaban J connectivity index is 3.60. The maximum absolute atomic E-state index is 11.6. The SMILES string of the molecule is CCCOCCOCCCC(C)(NC)C(=O)OC. The number of hydrogen-bond donors (Lipinski definition) is 1. The standard InChI is InChI=1S/C13H27NO4/c1-5-8-17-10-11-18-9-6-7-13(2,14-3)12(15)16-4/h14H,5-11H2,1-4H3. The lowest BCUT2D eigenvalue weighted by Gasteiger charge is -2.25. The molecule has 0 spiro atoms. The van der Waals surface area contributed by atoms with Crippen LogP contribution in [0.4, 0.5) is 0 Å². The van der Waals surface area contributed by atoms with E-state index < -0.39 is 5.54 Å². The van der Waals surface area contributed by atoms with Crippen molar-refractivity contribution in [3.63, 3.8) is 0 Å². The van der Waals surface area contributed by atoms with E-state index in [1.165, 1.54) is 7.11 Å². The van der Waals surface area contributed by atoms with Crippen LogP contribution < -0.4 is 5.32 Å². The van der Waals surface area contributed by atoms with Crippen LogP contribution in [0.2, 0.25) is 0 Å². The van der Waals surface area contributed by atoms with Crippen molar-refractivity contribution in [2.24, 2.45) is 0 Å². The van der Waals surface area contributed by atoms with Crippen molar-refractivity contribution in [1.82, 2.24) is 5.32 Å². The highest BCUT2D eigenvalue weighted by atomic mass is 16.5. The van der Waals surface area contributed by atoms with Gasteiger partial charge in [0.05, 0.1) is 20.3 Å². The summed E-state index contributed by atoms with van der Waals surface area (Å²) < 4.78 is 15.5. The lowest BCUT2D eigenvalue weighted by atomic mass is 9.96. The third kappa shape index (κ3) is 6.93. The van der Waals surface area contributed by atoms with E-state index in [4.69, 9.17) is 14.2 Å². The van der Waals surface area contributed by atoms with E-state index in [0.29, 0.717) is 26.2 Å². The van der Waals surface area contributed by atoms with Gasteiger partial charge < -0.3 is 19.5 Å². The zero-order valence-electron chi connectivity index (χ0n) is 12.1. The van der Waals surface area contributed by atoms with Gasteiger partial charge in [0.25, 0.3) is 0 Å². The van der Waals surface area contributed by atoms with E-state index >= 15 is 0 Å². The molecule has 0 bridgehead atoms. The van der Waals surface area contributed by atoms with Crippen molar-refractivity contribution < 1.29 is 19.0 Å². The summed E-state index contributed by atoms with van der Waals surface area (Å²) in [7, 11) is 3.16. The second-order valence-corrected chi connectivity index (χ2v) is 4.40. The first-order chi connectivity index (χ1) is 8.60. The molecule has 0 aliphatic heterocycles. The normalized spacial score (nSPS) is 14.2. The molecule has 0 amide bonds. The van der Waals surface area contributed by atoms with Crippen LogP contribution in [0, 0.1) is 0 Å². The maximum atomic E-state index is 11.6. The molecule has 0 fully saturated rings. The van der Waals surface area contributed by atoms with Crippen molar-refractivity contribution in [1.29, 1.82) is 0 Å². The molecule has 18 heavy (non-hydrogen) atoms. The molecule has 0 radical (unpaired) electrons. The van der Waals surface area contributed by atoms with Gasteiger partial charge in [-0.05, 0) is 33.2 Å². The molecule has 1 atom stereocenters. The first-order valence-corrected chi connectivity index (χ1v) is 6.53. The van der Waals surface area contributed by atoms with Crippen LogP contribution in [0.1, 0.15) is 33.1 Å². The molecule has 1 unspecified atom stereocenters. The van der Waals surface area contributed by atoms with Crippen LogP contribution in [0.25, 0.3) is 0 Å². The molecular weight excluding hydrogens is 234 g/mol. The quantitative estimate of drug-likeness (QED) is 0.449. The zero-order chi connectivity index (χ0) is 13.9. The van der Waals surface area contributed by atoms with Crippen molar-refractivity contribution in [3.05, 3.63) is 0 Å². The molecule has 0 aromatic carbocycles. The first-order valence-electron chi connectivity index (χ1n) is 6.53. The molecule has 0 aromatic rings. The average Bonchev–Trinajstić information content (AvgIpc) is 2.40. The first kappa shape index (κ1) is 17.4. The largest absolute Gasteiger partial charge is 0.468 e. The smallest absolute Gasteiger partial charge is 0.325 e. The Labute approximate surface area is 110 Å². The maximum Gasteiger partial charge on any atom is 0.325 e. The summed E-state index contributed by atoms with van der Waals surface area (Å²) in [6.45, 7) is 6.56. The summed E-state index contributed by atoms with van der Waals surface area (Å²) in [6.07, 6.45) is 2.52. The van der Waals surface area contributed by atoms with Crippen LogP contribution in [0.15, 0.2) is 0 Å². The minimum atomic E-state index is -0.628. The second kappa shape index (κ2) is 10.3. The van der Waals surface area contributed by atoms with E-state index in [1.807, 2.05) is 6.92 Å². The van der Waals surface area contributed by atoms with E-state index in [0.717, 1.165) is 19.4 Å². The van der Waals surface area contributed by atoms with Crippen LogP contribution >= 0.6 is 0 Å². The number of nitrogens with one attached hydrogen (secondary N) is 1. The topological polar surface area (TPSA) is 56.8 Å². The molecule has 5 nitrogen and oxygen atoms in total. The van der Waals surface area contributed by atoms with Gasteiger partial charge in [-0.1, -0.05) is 6.92 Å². The van der Waals surface area contributed by atoms with Gasteiger partial charge in [-0.25, -0.2) is 0 Å². The molecule has 108 valence electrons. The van der Waals surface area contributed by atoms with E-state index in [-0.39, 0.29) is 5.97 Å². The summed E-state index contributed by atoms with van der Waals surface area (Å²) in [5.74, 6) is -0.240. The fourth-order valence-electron chi connectivity index (χ4n) is 1.55. The summed E-state index contributed by atoms with van der Waals surface area (Å²) in [5, 5.41) is 2.99. The number of esters is 1. The number of likely N-dealkylation sites (N-methyl/N-ethyl adjacent to an activating group) is 1. The van der Waals surface area contributed by atoms with Crippen molar-refractivity contribution >= 4 is 5.97 Å². The van der Waals surface area contributed by atoms with Crippen molar-refractivity contribution in [3.8, 4) is 0 Å². The van der Waals surface area contributed by atoms with E-state index in [2.05, 4.69) is 12.2 Å². The van der Waals surface area contributed by atoms with Gasteiger partial charge in [0.2, 0.25) is 0 Å². The highest BCUT2D eigenvalue weighted by Crippen LogP contribution is 2.13. The van der Waals surface area contributed by atoms with Gasteiger partial charge in [-0.15, -0.1) is 0 Å². The lowest BCUT2D eigenvalue weighted by molar-refractivity contribution is -0.148. The van der Waals surface area contributed by atoms with Gasteiger partial charge in [0.1, 0.15) is 5.54 Å². The Morgan fingerprint density at radius 2 is 1.78 bits per heavy atom. The number of hydrogen-bond acceptors (Lipinski definition) is 5. The van der Waals surface area contributed by atoms with Crippen LogP contribution in [-0.2, 0) is 19.0 Å². The lowest BCUT2D eigenvalue weighted by Crippen LogP contribution is -2.48. The number of methoxy groups -OCH3 is 1. The summed E-state index contributed by atoms with van der Waals surface area (Å²) in [6, 6.07) is 0. The monoisotopic (exact) mass is 261 g/mol. The van der Waals surface area contributed by atoms with Crippen LogP contribution in [0.3, 0.4) is 0 Å². The Hall–Kier alpha value is -0.650. The number of carbonyl (C=O) groups is 1. The van der Waals surface area contributed by atoms with Crippen molar-refractivity contribution in [2.45, 2.75) is 38.6 Å². The average molecular weight is 261 g/mol. The third-order valence-corrected chi connectivity index (χ3v) is 2.87. The summed E-state index contributed by atoms with van der Waals surface area (Å²) in [5.41, 5.74) is -0.628. The van der Waals surface area contributed by atoms with Gasteiger partial charge >= 0.3 is 5.97 Å². The highest BCUT2D eigenvalue weighted by Gasteiger charge is 2.31. The van der Waals surface area contributed by atoms with Crippen molar-refractivity contribution in [2.75, 3.05) is 40.6 Å². The molecule has 1 N–H and O–H groups in total. The minimum Gasteiger partial charge on any atom is -0.468 e. The molecule has 0 aliphatic carbocycles. The fourth-order valence-corrected chi connectivity index (χ4v) is 1.55. The van der Waals surface area contributed by atoms with Gasteiger partial charge in [0.15, 0.2) is 0 Å². The number of ether oxygens (including phenoxy) is 3. The predicted molar refractivity (Wildman–Crippen MR) is 70.6 cm³/mol. The molecule has 0 heterocycles. The minimum absolute atomic E-state index is 0.240. The highest BCUT2D eigenvalue weighted by molar-refractivity contribution is 5.80. The van der Waals surface area contributed by atoms with Gasteiger partial charge in [-0.2, -0.15) is 0 Å². The molecule has 0 saturated heterocycles. The Kier molecular flexibility index (Phi) is 9.92.